The molecule has 0 fully saturated rings. The fourth-order valence-electron chi connectivity index (χ4n) is 3.02. The molecule has 1 unspecified atom stereocenters. The zero-order valence-corrected chi connectivity index (χ0v) is 17.6. The summed E-state index contributed by atoms with van der Waals surface area (Å²) >= 11 is 0. The number of ether oxygens (including phenoxy) is 1. The van der Waals surface area contributed by atoms with Crippen LogP contribution < -0.4 is 10.3 Å². The number of nitrogens with zero attached hydrogens (tertiary/aromatic N) is 2. The summed E-state index contributed by atoms with van der Waals surface area (Å²) < 4.78 is 4.58. The molecule has 0 aliphatic heterocycles. The number of amides is 1. The molecule has 1 atom stereocenters. The van der Waals surface area contributed by atoms with Gasteiger partial charge in [-0.2, -0.15) is 5.10 Å². The number of nitrogens with one attached hydrogen (secondary N) is 1. The standard InChI is InChI=1S/C25H25N3O3/c1-19(17-24(29)31-2)25(30)27-26-18-20-13-15-23(16-14-20)28(21-9-5-3-6-10-21)22-11-7-4-8-12-22/h3-16,18-19H,17H2,1-2H3,(H,27,30). The SMILES string of the molecule is COC(=O)CC(C)C(=O)NN=Cc1ccc(N(c2ccccc2)c2ccccc2)cc1. The van der Waals surface area contributed by atoms with Crippen molar-refractivity contribution in [3.8, 4) is 0 Å². The number of carbonyl (C=O) groups excluding carboxylic acids is 2. The largest absolute Gasteiger partial charge is 0.469 e. The van der Waals surface area contributed by atoms with Gasteiger partial charge in [0.15, 0.2) is 0 Å². The van der Waals surface area contributed by atoms with Crippen LogP contribution >= 0.6 is 0 Å². The first-order chi connectivity index (χ1) is 15.1. The maximum atomic E-state index is 12.0. The van der Waals surface area contributed by atoms with Crippen molar-refractivity contribution in [3.63, 3.8) is 0 Å². The molecule has 0 bridgehead atoms. The van der Waals surface area contributed by atoms with Gasteiger partial charge in [-0.05, 0) is 42.0 Å². The second kappa shape index (κ2) is 10.7. The summed E-state index contributed by atoms with van der Waals surface area (Å²) in [4.78, 5) is 25.4. The number of hydrazone groups is 1. The van der Waals surface area contributed by atoms with E-state index < -0.39 is 11.9 Å². The molecule has 3 rings (SSSR count). The van der Waals surface area contributed by atoms with Crippen molar-refractivity contribution < 1.29 is 14.3 Å². The quantitative estimate of drug-likeness (QED) is 0.326. The summed E-state index contributed by atoms with van der Waals surface area (Å²) in [5.41, 5.74) is 6.42. The Morgan fingerprint density at radius 1 is 0.903 bits per heavy atom. The van der Waals surface area contributed by atoms with Gasteiger partial charge in [0.2, 0.25) is 5.91 Å². The number of anilines is 3. The third-order valence-corrected chi connectivity index (χ3v) is 4.72. The maximum absolute atomic E-state index is 12.0. The normalized spacial score (nSPS) is 11.7. The van der Waals surface area contributed by atoms with Gasteiger partial charge in [0, 0.05) is 23.0 Å². The highest BCUT2D eigenvalue weighted by Gasteiger charge is 2.16. The Balaban J connectivity index is 1.71. The number of carbonyl (C=O) groups is 2. The number of hydrogen-bond acceptors (Lipinski definition) is 5. The molecule has 1 N–H and O–H groups in total. The van der Waals surface area contributed by atoms with E-state index in [0.29, 0.717) is 0 Å². The monoisotopic (exact) mass is 415 g/mol. The fraction of sp³-hybridized carbons (Fsp3) is 0.160. The van der Waals surface area contributed by atoms with Crippen molar-refractivity contribution in [1.82, 2.24) is 5.43 Å². The van der Waals surface area contributed by atoms with Gasteiger partial charge in [-0.3, -0.25) is 9.59 Å². The van der Waals surface area contributed by atoms with Crippen molar-refractivity contribution >= 4 is 35.2 Å². The van der Waals surface area contributed by atoms with Crippen molar-refractivity contribution in [2.24, 2.45) is 11.0 Å². The average molecular weight is 415 g/mol. The van der Waals surface area contributed by atoms with Crippen molar-refractivity contribution in [2.45, 2.75) is 13.3 Å². The van der Waals surface area contributed by atoms with E-state index in [9.17, 15) is 9.59 Å². The molecule has 158 valence electrons. The second-order valence-corrected chi connectivity index (χ2v) is 7.01. The van der Waals surface area contributed by atoms with Gasteiger partial charge in [-0.1, -0.05) is 55.5 Å². The first-order valence-electron chi connectivity index (χ1n) is 9.98. The number of para-hydroxylation sites is 2. The molecule has 0 aromatic heterocycles. The minimum atomic E-state index is -0.516. The molecule has 0 aliphatic carbocycles. The lowest BCUT2D eigenvalue weighted by atomic mass is 10.1. The summed E-state index contributed by atoms with van der Waals surface area (Å²) in [6.07, 6.45) is 1.59. The van der Waals surface area contributed by atoms with E-state index in [1.165, 1.54) is 7.11 Å². The molecule has 0 aliphatic rings. The minimum Gasteiger partial charge on any atom is -0.469 e. The summed E-state index contributed by atoms with van der Waals surface area (Å²) in [5.74, 6) is -1.28. The Bertz CT molecular complexity index is 979. The third kappa shape index (κ3) is 6.02. The van der Waals surface area contributed by atoms with Gasteiger partial charge in [0.05, 0.1) is 19.7 Å². The zero-order chi connectivity index (χ0) is 22.1. The van der Waals surface area contributed by atoms with Crippen molar-refractivity contribution in [2.75, 3.05) is 12.0 Å². The van der Waals surface area contributed by atoms with Crippen LogP contribution in [0.4, 0.5) is 17.1 Å². The number of esters is 1. The molecule has 3 aromatic carbocycles. The maximum Gasteiger partial charge on any atom is 0.306 e. The lowest BCUT2D eigenvalue weighted by Gasteiger charge is -2.25. The van der Waals surface area contributed by atoms with Crippen LogP contribution in [0.25, 0.3) is 0 Å². The first-order valence-corrected chi connectivity index (χ1v) is 9.98. The van der Waals surface area contributed by atoms with E-state index in [1.807, 2.05) is 60.7 Å². The molecule has 0 heterocycles. The predicted octanol–water partition coefficient (Wildman–Crippen LogP) is 4.81. The first kappa shape index (κ1) is 21.8. The molecule has 31 heavy (non-hydrogen) atoms. The number of hydrogen-bond donors (Lipinski definition) is 1. The number of rotatable bonds is 8. The summed E-state index contributed by atoms with van der Waals surface area (Å²) in [6.45, 7) is 1.65. The van der Waals surface area contributed by atoms with Crippen LogP contribution in [0.1, 0.15) is 18.9 Å². The highest BCUT2D eigenvalue weighted by atomic mass is 16.5. The minimum absolute atomic E-state index is 0.0152. The summed E-state index contributed by atoms with van der Waals surface area (Å²) in [5, 5.41) is 4.00. The highest BCUT2D eigenvalue weighted by molar-refractivity contribution is 5.86. The molecule has 0 radical (unpaired) electrons. The van der Waals surface area contributed by atoms with Gasteiger partial charge in [0.25, 0.3) is 0 Å². The molecular weight excluding hydrogens is 390 g/mol. The molecule has 0 saturated heterocycles. The number of methoxy groups -OCH3 is 1. The molecule has 3 aromatic rings. The Morgan fingerprint density at radius 2 is 1.42 bits per heavy atom. The van der Waals surface area contributed by atoms with Crippen LogP contribution in [0.2, 0.25) is 0 Å². The van der Waals surface area contributed by atoms with Gasteiger partial charge < -0.3 is 9.64 Å². The Labute approximate surface area is 182 Å². The second-order valence-electron chi connectivity index (χ2n) is 7.01. The molecule has 6 nitrogen and oxygen atoms in total. The lowest BCUT2D eigenvalue weighted by molar-refractivity contribution is -0.143. The molecule has 0 spiro atoms. The van der Waals surface area contributed by atoms with Crippen LogP contribution in [0.3, 0.4) is 0 Å². The molecule has 0 saturated carbocycles. The Morgan fingerprint density at radius 3 is 1.94 bits per heavy atom. The predicted molar refractivity (Wildman–Crippen MR) is 123 cm³/mol. The summed E-state index contributed by atoms with van der Waals surface area (Å²) in [7, 11) is 1.30. The fourth-order valence-corrected chi connectivity index (χ4v) is 3.02. The molecule has 1 amide bonds. The lowest BCUT2D eigenvalue weighted by Crippen LogP contribution is -2.27. The van der Waals surface area contributed by atoms with Crippen LogP contribution in [0.15, 0.2) is 90.0 Å². The van der Waals surface area contributed by atoms with Crippen molar-refractivity contribution in [1.29, 1.82) is 0 Å². The van der Waals surface area contributed by atoms with Crippen LogP contribution in [0, 0.1) is 5.92 Å². The Kier molecular flexibility index (Phi) is 7.54. The van der Waals surface area contributed by atoms with E-state index in [-0.39, 0.29) is 12.3 Å². The highest BCUT2D eigenvalue weighted by Crippen LogP contribution is 2.33. The van der Waals surface area contributed by atoms with E-state index in [0.717, 1.165) is 22.6 Å². The smallest absolute Gasteiger partial charge is 0.306 e. The van der Waals surface area contributed by atoms with Crippen LogP contribution in [0.5, 0.6) is 0 Å². The third-order valence-electron chi connectivity index (χ3n) is 4.72. The van der Waals surface area contributed by atoms with Crippen LogP contribution in [-0.4, -0.2) is 25.2 Å². The van der Waals surface area contributed by atoms with Crippen LogP contribution in [-0.2, 0) is 14.3 Å². The zero-order valence-electron chi connectivity index (χ0n) is 17.6. The number of benzene rings is 3. The molecule has 6 heteroatoms. The Hall–Kier alpha value is -3.93. The topological polar surface area (TPSA) is 71.0 Å². The van der Waals surface area contributed by atoms with E-state index in [4.69, 9.17) is 0 Å². The van der Waals surface area contributed by atoms with E-state index >= 15 is 0 Å². The van der Waals surface area contributed by atoms with E-state index in [2.05, 4.69) is 44.4 Å². The molecular formula is C25H25N3O3. The van der Waals surface area contributed by atoms with E-state index in [1.54, 1.807) is 13.1 Å². The van der Waals surface area contributed by atoms with Crippen molar-refractivity contribution in [3.05, 3.63) is 90.5 Å². The average Bonchev–Trinajstić information content (AvgIpc) is 2.81. The van der Waals surface area contributed by atoms with Gasteiger partial charge in [-0.15, -0.1) is 0 Å². The van der Waals surface area contributed by atoms with Gasteiger partial charge >= 0.3 is 5.97 Å². The van der Waals surface area contributed by atoms with Gasteiger partial charge in [0.1, 0.15) is 0 Å². The van der Waals surface area contributed by atoms with Gasteiger partial charge in [-0.25, -0.2) is 5.43 Å². The summed E-state index contributed by atoms with van der Waals surface area (Å²) in [6, 6.07) is 28.1.